The molecule has 0 fully saturated rings. The third-order valence-electron chi connectivity index (χ3n) is 2.66. The van der Waals surface area contributed by atoms with Crippen LogP contribution < -0.4 is 5.32 Å². The van der Waals surface area contributed by atoms with E-state index in [2.05, 4.69) is 11.4 Å². The zero-order chi connectivity index (χ0) is 12.8. The maximum absolute atomic E-state index is 13.1. The van der Waals surface area contributed by atoms with E-state index in [9.17, 15) is 4.39 Å². The number of nitriles is 1. The van der Waals surface area contributed by atoms with Gasteiger partial charge in [0, 0.05) is 5.69 Å². The maximum atomic E-state index is 13.1. The molecule has 0 spiro atoms. The minimum Gasteiger partial charge on any atom is -0.377 e. The van der Waals surface area contributed by atoms with Crippen molar-refractivity contribution in [1.82, 2.24) is 0 Å². The Morgan fingerprint density at radius 3 is 2.56 bits per heavy atom. The van der Waals surface area contributed by atoms with E-state index in [1.54, 1.807) is 12.1 Å². The fourth-order valence-corrected chi connectivity index (χ4v) is 1.81. The van der Waals surface area contributed by atoms with Gasteiger partial charge in [0.2, 0.25) is 0 Å². The largest absolute Gasteiger partial charge is 0.377 e. The first-order chi connectivity index (χ1) is 8.79. The molecule has 0 aliphatic rings. The third-order valence-corrected chi connectivity index (χ3v) is 2.66. The SMILES string of the molecule is N#CCC(Nc1cccc(F)c1)c1ccccc1. The lowest BCUT2D eigenvalue weighted by Crippen LogP contribution is -2.10. The van der Waals surface area contributed by atoms with Crippen LogP contribution in [0.5, 0.6) is 0 Å². The number of rotatable bonds is 4. The zero-order valence-electron chi connectivity index (χ0n) is 9.81. The molecule has 0 aliphatic heterocycles. The molecule has 2 rings (SSSR count). The lowest BCUT2D eigenvalue weighted by Gasteiger charge is -2.17. The zero-order valence-corrected chi connectivity index (χ0v) is 9.81. The van der Waals surface area contributed by atoms with E-state index in [1.807, 2.05) is 30.3 Å². The van der Waals surface area contributed by atoms with E-state index in [0.29, 0.717) is 12.1 Å². The maximum Gasteiger partial charge on any atom is 0.125 e. The van der Waals surface area contributed by atoms with Crippen LogP contribution in [0.3, 0.4) is 0 Å². The van der Waals surface area contributed by atoms with Crippen molar-refractivity contribution in [1.29, 1.82) is 5.26 Å². The minimum absolute atomic E-state index is 0.127. The van der Waals surface area contributed by atoms with Crippen LogP contribution in [0.4, 0.5) is 10.1 Å². The second-order valence-electron chi connectivity index (χ2n) is 3.98. The predicted molar refractivity (Wildman–Crippen MR) is 69.4 cm³/mol. The van der Waals surface area contributed by atoms with Gasteiger partial charge in [0.15, 0.2) is 0 Å². The van der Waals surface area contributed by atoms with Crippen molar-refractivity contribution >= 4 is 5.69 Å². The van der Waals surface area contributed by atoms with Gasteiger partial charge in [-0.05, 0) is 23.8 Å². The normalized spacial score (nSPS) is 11.6. The van der Waals surface area contributed by atoms with Gasteiger partial charge in [-0.2, -0.15) is 5.26 Å². The molecule has 3 heteroatoms. The Hall–Kier alpha value is -2.34. The summed E-state index contributed by atoms with van der Waals surface area (Å²) in [5, 5.41) is 12.0. The molecule has 1 N–H and O–H groups in total. The van der Waals surface area contributed by atoms with Crippen molar-refractivity contribution < 1.29 is 4.39 Å². The number of hydrogen-bond donors (Lipinski definition) is 1. The molecule has 2 aromatic carbocycles. The second-order valence-corrected chi connectivity index (χ2v) is 3.98. The van der Waals surface area contributed by atoms with Gasteiger partial charge in [0.1, 0.15) is 5.82 Å². The lowest BCUT2D eigenvalue weighted by atomic mass is 10.0. The molecule has 2 aromatic rings. The highest BCUT2D eigenvalue weighted by Crippen LogP contribution is 2.22. The number of nitrogens with zero attached hydrogens (tertiary/aromatic N) is 1. The summed E-state index contributed by atoms with van der Waals surface area (Å²) in [6.07, 6.45) is 0.334. The smallest absolute Gasteiger partial charge is 0.125 e. The molecule has 2 nitrogen and oxygen atoms in total. The molecule has 0 radical (unpaired) electrons. The molecule has 0 aliphatic carbocycles. The van der Waals surface area contributed by atoms with Crippen molar-refractivity contribution in [2.24, 2.45) is 0 Å². The summed E-state index contributed by atoms with van der Waals surface area (Å²) in [6, 6.07) is 17.9. The summed E-state index contributed by atoms with van der Waals surface area (Å²) in [6.45, 7) is 0. The van der Waals surface area contributed by atoms with Crippen LogP contribution in [-0.4, -0.2) is 0 Å². The number of benzene rings is 2. The van der Waals surface area contributed by atoms with Gasteiger partial charge in [-0.3, -0.25) is 0 Å². The fourth-order valence-electron chi connectivity index (χ4n) is 1.81. The van der Waals surface area contributed by atoms with Crippen LogP contribution in [0, 0.1) is 17.1 Å². The topological polar surface area (TPSA) is 35.8 Å². The monoisotopic (exact) mass is 240 g/mol. The molecular weight excluding hydrogens is 227 g/mol. The summed E-state index contributed by atoms with van der Waals surface area (Å²) in [7, 11) is 0. The Balaban J connectivity index is 2.20. The van der Waals surface area contributed by atoms with Crippen molar-refractivity contribution in [3.8, 4) is 6.07 Å². The molecule has 0 aromatic heterocycles. The molecule has 0 bridgehead atoms. The second kappa shape index (κ2) is 5.83. The van der Waals surface area contributed by atoms with E-state index in [4.69, 9.17) is 5.26 Å². The van der Waals surface area contributed by atoms with Gasteiger partial charge in [-0.25, -0.2) is 4.39 Å². The summed E-state index contributed by atoms with van der Waals surface area (Å²) < 4.78 is 13.1. The molecule has 1 atom stereocenters. The van der Waals surface area contributed by atoms with Gasteiger partial charge in [-0.15, -0.1) is 0 Å². The predicted octanol–water partition coefficient (Wildman–Crippen LogP) is 3.89. The highest BCUT2D eigenvalue weighted by Gasteiger charge is 2.10. The molecule has 0 saturated carbocycles. The molecule has 0 amide bonds. The van der Waals surface area contributed by atoms with Crippen LogP contribution in [0.2, 0.25) is 0 Å². The molecule has 1 unspecified atom stereocenters. The molecule has 18 heavy (non-hydrogen) atoms. The molecule has 0 heterocycles. The summed E-state index contributed by atoms with van der Waals surface area (Å²) in [5.74, 6) is -0.288. The first kappa shape index (κ1) is 12.1. The lowest BCUT2D eigenvalue weighted by molar-refractivity contribution is 0.627. The number of nitrogens with one attached hydrogen (secondary N) is 1. The molecule has 90 valence electrons. The van der Waals surface area contributed by atoms with Gasteiger partial charge < -0.3 is 5.32 Å². The van der Waals surface area contributed by atoms with E-state index >= 15 is 0 Å². The van der Waals surface area contributed by atoms with Crippen molar-refractivity contribution in [2.45, 2.75) is 12.5 Å². The average Bonchev–Trinajstić information content (AvgIpc) is 2.39. The standard InChI is InChI=1S/C15H13FN2/c16-13-7-4-8-14(11-13)18-15(9-10-17)12-5-2-1-3-6-12/h1-8,11,15,18H,9H2. The van der Waals surface area contributed by atoms with Crippen molar-refractivity contribution in [3.05, 3.63) is 66.0 Å². The van der Waals surface area contributed by atoms with Crippen molar-refractivity contribution in [3.63, 3.8) is 0 Å². The Morgan fingerprint density at radius 2 is 1.89 bits per heavy atom. The minimum atomic E-state index is -0.288. The summed E-state index contributed by atoms with van der Waals surface area (Å²) >= 11 is 0. The number of hydrogen-bond acceptors (Lipinski definition) is 2. The molecule has 0 saturated heterocycles. The van der Waals surface area contributed by atoms with E-state index in [0.717, 1.165) is 5.56 Å². The first-order valence-corrected chi connectivity index (χ1v) is 5.73. The van der Waals surface area contributed by atoms with E-state index in [-0.39, 0.29) is 11.9 Å². The highest BCUT2D eigenvalue weighted by atomic mass is 19.1. The third kappa shape index (κ3) is 3.08. The van der Waals surface area contributed by atoms with Crippen LogP contribution in [0.1, 0.15) is 18.0 Å². The van der Waals surface area contributed by atoms with Gasteiger partial charge in [0.25, 0.3) is 0 Å². The van der Waals surface area contributed by atoms with Crippen LogP contribution in [0.25, 0.3) is 0 Å². The number of anilines is 1. The van der Waals surface area contributed by atoms with Crippen LogP contribution in [-0.2, 0) is 0 Å². The molecular formula is C15H13FN2. The van der Waals surface area contributed by atoms with E-state index < -0.39 is 0 Å². The quantitative estimate of drug-likeness (QED) is 0.879. The highest BCUT2D eigenvalue weighted by molar-refractivity contribution is 5.46. The summed E-state index contributed by atoms with van der Waals surface area (Å²) in [5.41, 5.74) is 1.70. The van der Waals surface area contributed by atoms with Crippen LogP contribution >= 0.6 is 0 Å². The fraction of sp³-hybridized carbons (Fsp3) is 0.133. The van der Waals surface area contributed by atoms with Crippen molar-refractivity contribution in [2.75, 3.05) is 5.32 Å². The van der Waals surface area contributed by atoms with Gasteiger partial charge >= 0.3 is 0 Å². The van der Waals surface area contributed by atoms with Gasteiger partial charge in [-0.1, -0.05) is 36.4 Å². The summed E-state index contributed by atoms with van der Waals surface area (Å²) in [4.78, 5) is 0. The van der Waals surface area contributed by atoms with Gasteiger partial charge in [0.05, 0.1) is 18.5 Å². The Bertz CT molecular complexity index is 546. The Kier molecular flexibility index (Phi) is 3.93. The first-order valence-electron chi connectivity index (χ1n) is 5.73. The van der Waals surface area contributed by atoms with E-state index in [1.165, 1.54) is 12.1 Å². The average molecular weight is 240 g/mol. The Labute approximate surface area is 106 Å². The number of halogens is 1. The Morgan fingerprint density at radius 1 is 1.11 bits per heavy atom. The van der Waals surface area contributed by atoms with Crippen LogP contribution in [0.15, 0.2) is 54.6 Å².